The van der Waals surface area contributed by atoms with Crippen molar-refractivity contribution in [2.75, 3.05) is 0 Å². The lowest BCUT2D eigenvalue weighted by atomic mass is 10.1. The van der Waals surface area contributed by atoms with Crippen molar-refractivity contribution in [2.45, 2.75) is 6.92 Å². The predicted molar refractivity (Wildman–Crippen MR) is 81.2 cm³/mol. The van der Waals surface area contributed by atoms with Crippen LogP contribution in [0.25, 0.3) is 16.7 Å². The largest absolute Gasteiger partial charge is 0.364 e. The number of aromatic nitrogens is 3. The number of fused-ring (bicyclic) bond motifs is 1. The molecule has 0 aliphatic rings. The highest BCUT2D eigenvalue weighted by Gasteiger charge is 2.12. The standard InChI is InChI=1S/C15H12N4O3/c1-8-6-10-11(17-13(14(16)21)15(22)18-10)7-12(8)19-4-2-9(20)3-5-19/h2-7H,1H3,(H2,16,21)(H,18,22). The lowest BCUT2D eigenvalue weighted by Gasteiger charge is -2.11. The topological polar surface area (TPSA) is 111 Å². The Bertz CT molecular complexity index is 997. The van der Waals surface area contributed by atoms with E-state index in [1.807, 2.05) is 6.92 Å². The summed E-state index contributed by atoms with van der Waals surface area (Å²) in [6, 6.07) is 6.36. The third-order valence-corrected chi connectivity index (χ3v) is 3.32. The Morgan fingerprint density at radius 2 is 1.91 bits per heavy atom. The summed E-state index contributed by atoms with van der Waals surface area (Å²) in [6.07, 6.45) is 3.27. The zero-order chi connectivity index (χ0) is 15.9. The molecule has 22 heavy (non-hydrogen) atoms. The van der Waals surface area contributed by atoms with Gasteiger partial charge in [-0.05, 0) is 24.6 Å². The minimum Gasteiger partial charge on any atom is -0.364 e. The first kappa shape index (κ1) is 13.7. The number of hydrogen-bond donors (Lipinski definition) is 2. The summed E-state index contributed by atoms with van der Waals surface area (Å²) in [6.45, 7) is 1.87. The second kappa shape index (κ2) is 4.96. The van der Waals surface area contributed by atoms with Gasteiger partial charge in [-0.25, -0.2) is 4.98 Å². The molecule has 110 valence electrons. The van der Waals surface area contributed by atoms with E-state index in [0.717, 1.165) is 11.3 Å². The van der Waals surface area contributed by atoms with E-state index in [-0.39, 0.29) is 11.1 Å². The monoisotopic (exact) mass is 296 g/mol. The Balaban J connectivity index is 2.28. The highest BCUT2D eigenvalue weighted by molar-refractivity contribution is 5.92. The van der Waals surface area contributed by atoms with Crippen LogP contribution in [0.15, 0.2) is 46.2 Å². The molecule has 0 saturated heterocycles. The summed E-state index contributed by atoms with van der Waals surface area (Å²) in [7, 11) is 0. The summed E-state index contributed by atoms with van der Waals surface area (Å²) in [5.41, 5.74) is 6.71. The molecule has 0 bridgehead atoms. The molecule has 0 fully saturated rings. The predicted octanol–water partition coefficient (Wildman–Crippen LogP) is 0.481. The molecule has 2 aromatic heterocycles. The lowest BCUT2D eigenvalue weighted by Crippen LogP contribution is -2.25. The summed E-state index contributed by atoms with van der Waals surface area (Å²) in [5, 5.41) is 0. The molecule has 0 aliphatic heterocycles. The first-order valence-corrected chi connectivity index (χ1v) is 6.49. The fraction of sp³-hybridized carbons (Fsp3) is 0.0667. The van der Waals surface area contributed by atoms with Crippen LogP contribution in [-0.2, 0) is 0 Å². The second-order valence-corrected chi connectivity index (χ2v) is 4.88. The van der Waals surface area contributed by atoms with Crippen LogP contribution in [0.3, 0.4) is 0 Å². The number of primary amides is 1. The van der Waals surface area contributed by atoms with E-state index >= 15 is 0 Å². The van der Waals surface area contributed by atoms with Gasteiger partial charge in [-0.1, -0.05) is 0 Å². The van der Waals surface area contributed by atoms with Crippen molar-refractivity contribution in [3.05, 3.63) is 68.5 Å². The number of H-pyrrole nitrogens is 1. The summed E-state index contributed by atoms with van der Waals surface area (Å²) < 4.78 is 1.76. The number of aromatic amines is 1. The molecule has 0 unspecified atom stereocenters. The van der Waals surface area contributed by atoms with Crippen LogP contribution in [0.2, 0.25) is 0 Å². The number of nitrogens with two attached hydrogens (primary N) is 1. The van der Waals surface area contributed by atoms with Crippen LogP contribution in [0.4, 0.5) is 0 Å². The maximum Gasteiger partial charge on any atom is 0.280 e. The van der Waals surface area contributed by atoms with Crippen LogP contribution >= 0.6 is 0 Å². The van der Waals surface area contributed by atoms with Crippen molar-refractivity contribution < 1.29 is 4.79 Å². The van der Waals surface area contributed by atoms with E-state index in [4.69, 9.17) is 5.73 Å². The molecule has 0 atom stereocenters. The number of rotatable bonds is 2. The van der Waals surface area contributed by atoms with Crippen LogP contribution in [0.5, 0.6) is 0 Å². The van der Waals surface area contributed by atoms with Gasteiger partial charge in [0.25, 0.3) is 11.5 Å². The number of pyridine rings is 1. The van der Waals surface area contributed by atoms with Crippen LogP contribution in [-0.4, -0.2) is 20.4 Å². The SMILES string of the molecule is Cc1cc2[nH]c(=O)c(C(N)=O)nc2cc1-n1ccc(=O)cc1. The minimum atomic E-state index is -0.881. The molecule has 1 amide bonds. The van der Waals surface area contributed by atoms with E-state index in [0.29, 0.717) is 11.0 Å². The van der Waals surface area contributed by atoms with Gasteiger partial charge in [-0.3, -0.25) is 14.4 Å². The molecule has 3 aromatic rings. The molecular weight excluding hydrogens is 284 g/mol. The van der Waals surface area contributed by atoms with Crippen LogP contribution < -0.4 is 16.7 Å². The third kappa shape index (κ3) is 2.28. The number of hydrogen-bond acceptors (Lipinski definition) is 4. The fourth-order valence-corrected chi connectivity index (χ4v) is 2.25. The third-order valence-electron chi connectivity index (χ3n) is 3.32. The molecule has 2 heterocycles. The van der Waals surface area contributed by atoms with Gasteiger partial charge in [0.1, 0.15) is 0 Å². The van der Waals surface area contributed by atoms with Gasteiger partial charge in [0.2, 0.25) is 0 Å². The Morgan fingerprint density at radius 1 is 1.23 bits per heavy atom. The number of amides is 1. The average molecular weight is 296 g/mol. The molecule has 0 spiro atoms. The number of carbonyl (C=O) groups is 1. The van der Waals surface area contributed by atoms with Gasteiger partial charge in [-0.2, -0.15) is 0 Å². The number of aryl methyl sites for hydroxylation is 1. The number of nitrogens with one attached hydrogen (secondary N) is 1. The zero-order valence-corrected chi connectivity index (χ0v) is 11.7. The van der Waals surface area contributed by atoms with Gasteiger partial charge in [0.15, 0.2) is 11.1 Å². The smallest absolute Gasteiger partial charge is 0.280 e. The van der Waals surface area contributed by atoms with Crippen molar-refractivity contribution in [3.8, 4) is 5.69 Å². The van der Waals surface area contributed by atoms with E-state index < -0.39 is 11.5 Å². The van der Waals surface area contributed by atoms with E-state index in [9.17, 15) is 14.4 Å². The van der Waals surface area contributed by atoms with Gasteiger partial charge in [0, 0.05) is 24.5 Å². The van der Waals surface area contributed by atoms with Crippen molar-refractivity contribution in [2.24, 2.45) is 5.73 Å². The normalized spacial score (nSPS) is 10.8. The molecule has 3 N–H and O–H groups in total. The average Bonchev–Trinajstić information content (AvgIpc) is 2.47. The quantitative estimate of drug-likeness (QED) is 0.716. The number of nitrogens with zero attached hydrogens (tertiary/aromatic N) is 2. The zero-order valence-electron chi connectivity index (χ0n) is 11.7. The first-order chi connectivity index (χ1) is 10.5. The minimum absolute atomic E-state index is 0.0897. The molecule has 3 rings (SSSR count). The van der Waals surface area contributed by atoms with Crippen molar-refractivity contribution in [1.29, 1.82) is 0 Å². The fourth-order valence-electron chi connectivity index (χ4n) is 2.25. The Labute approximate surface area is 124 Å². The summed E-state index contributed by atoms with van der Waals surface area (Å²) in [5.74, 6) is -0.881. The number of benzene rings is 1. The summed E-state index contributed by atoms with van der Waals surface area (Å²) >= 11 is 0. The highest BCUT2D eigenvalue weighted by atomic mass is 16.2. The van der Waals surface area contributed by atoms with Gasteiger partial charge < -0.3 is 15.3 Å². The molecule has 1 aromatic carbocycles. The molecule has 0 saturated carbocycles. The van der Waals surface area contributed by atoms with Crippen molar-refractivity contribution >= 4 is 16.9 Å². The van der Waals surface area contributed by atoms with Gasteiger partial charge in [-0.15, -0.1) is 0 Å². The van der Waals surface area contributed by atoms with Crippen LogP contribution in [0, 0.1) is 6.92 Å². The Kier molecular flexibility index (Phi) is 3.10. The molecule has 0 radical (unpaired) electrons. The van der Waals surface area contributed by atoms with Crippen molar-refractivity contribution in [1.82, 2.24) is 14.5 Å². The molecule has 7 heteroatoms. The molecule has 0 aliphatic carbocycles. The van der Waals surface area contributed by atoms with Crippen molar-refractivity contribution in [3.63, 3.8) is 0 Å². The maximum atomic E-state index is 11.7. The lowest BCUT2D eigenvalue weighted by molar-refractivity contribution is 0.0994. The Morgan fingerprint density at radius 3 is 2.55 bits per heavy atom. The number of carbonyl (C=O) groups excluding carboxylic acids is 1. The van der Waals surface area contributed by atoms with E-state index in [1.165, 1.54) is 12.1 Å². The second-order valence-electron chi connectivity index (χ2n) is 4.88. The first-order valence-electron chi connectivity index (χ1n) is 6.49. The van der Waals surface area contributed by atoms with E-state index in [1.54, 1.807) is 29.1 Å². The maximum absolute atomic E-state index is 11.7. The Hall–Kier alpha value is -3.22. The van der Waals surface area contributed by atoms with Gasteiger partial charge in [0.05, 0.1) is 16.7 Å². The molecule has 7 nitrogen and oxygen atoms in total. The highest BCUT2D eigenvalue weighted by Crippen LogP contribution is 2.19. The van der Waals surface area contributed by atoms with E-state index in [2.05, 4.69) is 9.97 Å². The summed E-state index contributed by atoms with van der Waals surface area (Å²) in [4.78, 5) is 40.8. The molecular formula is C15H12N4O3. The van der Waals surface area contributed by atoms with Gasteiger partial charge >= 0.3 is 0 Å². The van der Waals surface area contributed by atoms with Crippen LogP contribution in [0.1, 0.15) is 16.1 Å².